The lowest BCUT2D eigenvalue weighted by Crippen LogP contribution is -2.24. The Bertz CT molecular complexity index is 809. The third-order valence-corrected chi connectivity index (χ3v) is 3.01. The summed E-state index contributed by atoms with van der Waals surface area (Å²) >= 11 is 0. The number of nitrogens with one attached hydrogen (secondary N) is 1. The Hall–Kier alpha value is -3.34. The fourth-order valence-electron chi connectivity index (χ4n) is 1.85. The maximum atomic E-state index is 12.8. The van der Waals surface area contributed by atoms with Gasteiger partial charge in [-0.15, -0.1) is 0 Å². The number of ether oxygens (including phenoxy) is 1. The molecule has 0 spiro atoms. The topological polar surface area (TPSA) is 74.5 Å². The molecule has 0 heterocycles. The molecular weight excluding hydrogens is 335 g/mol. The van der Waals surface area contributed by atoms with Gasteiger partial charge < -0.3 is 4.74 Å². The Morgan fingerprint density at radius 2 is 1.88 bits per heavy atom. The molecule has 1 amide bonds. The summed E-state index contributed by atoms with van der Waals surface area (Å²) in [5.41, 5.74) is 1.53. The van der Waals surface area contributed by atoms with Gasteiger partial charge in [0.15, 0.2) is 6.61 Å². The summed E-state index contributed by atoms with van der Waals surface area (Å²) in [6.45, 7) is -0.371. The number of halogens is 3. The molecule has 0 fully saturated rings. The third kappa shape index (κ3) is 5.35. The standard InChI is InChI=1S/C17H12F3N3O2/c18-17(19,20)15-4-2-1-3-13(15)10-22-23-16(24)11-25-14-7-5-12(9-21)6-8-14/h1-8,10H,11H2,(H,23,24)/b22-10-. The zero-order chi connectivity index (χ0) is 18.3. The molecule has 0 aliphatic rings. The average molecular weight is 347 g/mol. The second kappa shape index (κ2) is 7.97. The van der Waals surface area contributed by atoms with Gasteiger partial charge >= 0.3 is 6.18 Å². The van der Waals surface area contributed by atoms with E-state index < -0.39 is 17.6 Å². The number of rotatable bonds is 5. The van der Waals surface area contributed by atoms with E-state index in [0.717, 1.165) is 12.3 Å². The molecule has 5 nitrogen and oxygen atoms in total. The van der Waals surface area contributed by atoms with Crippen molar-refractivity contribution < 1.29 is 22.7 Å². The van der Waals surface area contributed by atoms with Crippen molar-refractivity contribution in [2.45, 2.75) is 6.18 Å². The Morgan fingerprint density at radius 3 is 2.52 bits per heavy atom. The van der Waals surface area contributed by atoms with E-state index in [2.05, 4.69) is 10.5 Å². The highest BCUT2D eigenvalue weighted by Crippen LogP contribution is 2.30. The van der Waals surface area contributed by atoms with Gasteiger partial charge in [-0.05, 0) is 30.3 Å². The summed E-state index contributed by atoms with van der Waals surface area (Å²) in [5.74, 6) is -0.259. The molecule has 0 saturated heterocycles. The molecule has 1 N–H and O–H groups in total. The van der Waals surface area contributed by atoms with E-state index in [0.29, 0.717) is 11.3 Å². The van der Waals surface area contributed by atoms with Gasteiger partial charge in [-0.25, -0.2) is 5.43 Å². The van der Waals surface area contributed by atoms with Gasteiger partial charge in [-0.1, -0.05) is 18.2 Å². The molecule has 0 aliphatic carbocycles. The van der Waals surface area contributed by atoms with Crippen LogP contribution in [0.4, 0.5) is 13.2 Å². The van der Waals surface area contributed by atoms with Crippen molar-refractivity contribution in [2.75, 3.05) is 6.61 Å². The number of hydrogen-bond donors (Lipinski definition) is 1. The minimum Gasteiger partial charge on any atom is -0.484 e. The molecule has 0 aliphatic heterocycles. The molecular formula is C17H12F3N3O2. The number of nitriles is 1. The first kappa shape index (κ1) is 18.0. The first-order valence-electron chi connectivity index (χ1n) is 7.01. The smallest absolute Gasteiger partial charge is 0.417 e. The highest BCUT2D eigenvalue weighted by molar-refractivity contribution is 5.84. The van der Waals surface area contributed by atoms with Gasteiger partial charge in [0.25, 0.3) is 5.91 Å². The monoisotopic (exact) mass is 347 g/mol. The van der Waals surface area contributed by atoms with Crippen molar-refractivity contribution >= 4 is 12.1 Å². The molecule has 0 saturated carbocycles. The maximum absolute atomic E-state index is 12.8. The summed E-state index contributed by atoms with van der Waals surface area (Å²) in [6.07, 6.45) is -3.59. The number of benzene rings is 2. The number of alkyl halides is 3. The molecule has 0 unspecified atom stereocenters. The molecule has 0 radical (unpaired) electrons. The van der Waals surface area contributed by atoms with Gasteiger partial charge in [-0.3, -0.25) is 4.79 Å². The van der Waals surface area contributed by atoms with Crippen molar-refractivity contribution in [3.8, 4) is 11.8 Å². The van der Waals surface area contributed by atoms with E-state index in [1.165, 1.54) is 42.5 Å². The fourth-order valence-corrected chi connectivity index (χ4v) is 1.85. The van der Waals surface area contributed by atoms with Gasteiger partial charge in [0.2, 0.25) is 0 Å². The van der Waals surface area contributed by atoms with Crippen LogP contribution < -0.4 is 10.2 Å². The number of hydrogen-bond acceptors (Lipinski definition) is 4. The largest absolute Gasteiger partial charge is 0.484 e. The number of carbonyl (C=O) groups excluding carboxylic acids is 1. The molecule has 8 heteroatoms. The third-order valence-electron chi connectivity index (χ3n) is 3.01. The summed E-state index contributed by atoms with van der Waals surface area (Å²) in [6, 6.07) is 12.9. The summed E-state index contributed by atoms with van der Waals surface area (Å²) in [5, 5.41) is 12.2. The minimum atomic E-state index is -4.51. The van der Waals surface area contributed by atoms with Gasteiger partial charge in [0, 0.05) is 5.56 Å². The second-order valence-electron chi connectivity index (χ2n) is 4.80. The average Bonchev–Trinajstić information content (AvgIpc) is 2.60. The van der Waals surface area contributed by atoms with E-state index in [9.17, 15) is 18.0 Å². The summed E-state index contributed by atoms with van der Waals surface area (Å²) in [7, 11) is 0. The zero-order valence-corrected chi connectivity index (χ0v) is 12.7. The highest BCUT2D eigenvalue weighted by atomic mass is 19.4. The summed E-state index contributed by atoms with van der Waals surface area (Å²) in [4.78, 5) is 11.6. The van der Waals surface area contributed by atoms with Crippen LogP contribution in [-0.4, -0.2) is 18.7 Å². The van der Waals surface area contributed by atoms with Crippen LogP contribution >= 0.6 is 0 Å². The van der Waals surface area contributed by atoms with E-state index in [1.54, 1.807) is 0 Å². The molecule has 2 aromatic carbocycles. The van der Waals surface area contributed by atoms with Crippen molar-refractivity contribution in [1.82, 2.24) is 5.43 Å². The van der Waals surface area contributed by atoms with Gasteiger partial charge in [0.05, 0.1) is 23.4 Å². The normalized spacial score (nSPS) is 11.1. The van der Waals surface area contributed by atoms with Gasteiger partial charge in [-0.2, -0.15) is 23.5 Å². The first-order valence-corrected chi connectivity index (χ1v) is 7.01. The number of nitrogens with zero attached hydrogens (tertiary/aromatic N) is 2. The SMILES string of the molecule is N#Cc1ccc(OCC(=O)N/N=C\c2ccccc2C(F)(F)F)cc1. The highest BCUT2D eigenvalue weighted by Gasteiger charge is 2.32. The number of carbonyl (C=O) groups is 1. The van der Waals surface area contributed by atoms with Crippen molar-refractivity contribution in [1.29, 1.82) is 5.26 Å². The lowest BCUT2D eigenvalue weighted by molar-refractivity contribution is -0.137. The van der Waals surface area contributed by atoms with Crippen LogP contribution in [0.2, 0.25) is 0 Å². The van der Waals surface area contributed by atoms with E-state index in [1.807, 2.05) is 6.07 Å². The predicted molar refractivity (Wildman–Crippen MR) is 83.8 cm³/mol. The van der Waals surface area contributed by atoms with Crippen LogP contribution in [0.25, 0.3) is 0 Å². The van der Waals surface area contributed by atoms with E-state index in [4.69, 9.17) is 10.00 Å². The minimum absolute atomic E-state index is 0.164. The molecule has 2 aromatic rings. The molecule has 0 aromatic heterocycles. The molecule has 128 valence electrons. The maximum Gasteiger partial charge on any atom is 0.417 e. The Morgan fingerprint density at radius 1 is 1.20 bits per heavy atom. The fraction of sp³-hybridized carbons (Fsp3) is 0.118. The van der Waals surface area contributed by atoms with Crippen LogP contribution in [0, 0.1) is 11.3 Å². The molecule has 0 bridgehead atoms. The van der Waals surface area contributed by atoms with Crippen LogP contribution in [0.1, 0.15) is 16.7 Å². The number of amides is 1. The summed E-state index contributed by atoms with van der Waals surface area (Å²) < 4.78 is 43.6. The van der Waals surface area contributed by atoms with E-state index in [-0.39, 0.29) is 12.2 Å². The second-order valence-corrected chi connectivity index (χ2v) is 4.80. The first-order chi connectivity index (χ1) is 11.9. The quantitative estimate of drug-likeness (QED) is 0.667. The van der Waals surface area contributed by atoms with Crippen LogP contribution in [0.3, 0.4) is 0 Å². The van der Waals surface area contributed by atoms with Crippen LogP contribution in [-0.2, 0) is 11.0 Å². The predicted octanol–water partition coefficient (Wildman–Crippen LogP) is 3.11. The van der Waals surface area contributed by atoms with Crippen LogP contribution in [0.15, 0.2) is 53.6 Å². The lowest BCUT2D eigenvalue weighted by Gasteiger charge is -2.09. The van der Waals surface area contributed by atoms with Crippen molar-refractivity contribution in [2.24, 2.45) is 5.10 Å². The van der Waals surface area contributed by atoms with Crippen LogP contribution in [0.5, 0.6) is 5.75 Å². The Balaban J connectivity index is 1.90. The lowest BCUT2D eigenvalue weighted by atomic mass is 10.1. The molecule has 25 heavy (non-hydrogen) atoms. The molecule has 0 atom stereocenters. The Labute approximate surface area is 141 Å². The van der Waals surface area contributed by atoms with E-state index >= 15 is 0 Å². The zero-order valence-electron chi connectivity index (χ0n) is 12.7. The number of hydrazone groups is 1. The van der Waals surface area contributed by atoms with Crippen molar-refractivity contribution in [3.63, 3.8) is 0 Å². The van der Waals surface area contributed by atoms with Crippen molar-refractivity contribution in [3.05, 3.63) is 65.2 Å². The Kier molecular flexibility index (Phi) is 5.74. The molecule has 2 rings (SSSR count). The van der Waals surface area contributed by atoms with Gasteiger partial charge in [0.1, 0.15) is 5.75 Å².